The highest BCUT2D eigenvalue weighted by molar-refractivity contribution is 6.30. The number of hydrogen-bond acceptors (Lipinski definition) is 5. The lowest BCUT2D eigenvalue weighted by atomic mass is 9.91. The van der Waals surface area contributed by atoms with Crippen LogP contribution < -0.4 is 0 Å². The van der Waals surface area contributed by atoms with E-state index in [0.29, 0.717) is 5.02 Å². The maximum Gasteiger partial charge on any atom is 0.339 e. The Balaban J connectivity index is 2.44. The largest absolute Gasteiger partial charge is 0.467 e. The van der Waals surface area contributed by atoms with Crippen LogP contribution in [-0.4, -0.2) is 53.8 Å². The lowest BCUT2D eigenvalue weighted by Crippen LogP contribution is -2.29. The van der Waals surface area contributed by atoms with Crippen LogP contribution in [0.25, 0.3) is 22.2 Å². The van der Waals surface area contributed by atoms with E-state index in [2.05, 4.69) is 37.4 Å². The fourth-order valence-electron chi connectivity index (χ4n) is 4.29. The molecule has 0 aliphatic rings. The van der Waals surface area contributed by atoms with Gasteiger partial charge in [-0.1, -0.05) is 23.7 Å². The van der Waals surface area contributed by atoms with Gasteiger partial charge in [0, 0.05) is 46.0 Å². The average molecular weight is 486 g/mol. The van der Waals surface area contributed by atoms with E-state index in [1.807, 2.05) is 52.0 Å². The molecule has 0 fully saturated rings. The minimum absolute atomic E-state index is 0.448. The molecular formula is C27H36ClN3O3. The molecule has 0 aliphatic heterocycles. The number of ether oxygens (including phenoxy) is 2. The first-order chi connectivity index (χ1) is 15.9. The maximum atomic E-state index is 13.0. The number of esters is 1. The van der Waals surface area contributed by atoms with Crippen LogP contribution in [-0.2, 0) is 20.8 Å². The molecule has 184 valence electrons. The molecule has 1 unspecified atom stereocenters. The Labute approximate surface area is 207 Å². The Kier molecular flexibility index (Phi) is 7.75. The van der Waals surface area contributed by atoms with Gasteiger partial charge in [-0.25, -0.2) is 9.78 Å². The van der Waals surface area contributed by atoms with Crippen molar-refractivity contribution in [2.45, 2.75) is 59.8 Å². The van der Waals surface area contributed by atoms with Crippen LogP contribution in [0.4, 0.5) is 0 Å². The smallest absolute Gasteiger partial charge is 0.339 e. The van der Waals surface area contributed by atoms with Crippen LogP contribution in [0.3, 0.4) is 0 Å². The zero-order valence-electron chi connectivity index (χ0n) is 21.7. The Morgan fingerprint density at radius 1 is 1.15 bits per heavy atom. The van der Waals surface area contributed by atoms with Crippen molar-refractivity contribution in [3.63, 3.8) is 0 Å². The first-order valence-electron chi connectivity index (χ1n) is 11.5. The molecule has 0 bridgehead atoms. The third kappa shape index (κ3) is 5.29. The molecule has 0 aliphatic carbocycles. The number of nitrogens with zero attached hydrogens (tertiary/aromatic N) is 3. The molecule has 6 nitrogen and oxygen atoms in total. The lowest BCUT2D eigenvalue weighted by molar-refractivity contribution is -0.164. The van der Waals surface area contributed by atoms with Gasteiger partial charge >= 0.3 is 5.97 Å². The number of rotatable bonds is 7. The van der Waals surface area contributed by atoms with Crippen molar-refractivity contribution in [3.8, 4) is 11.1 Å². The summed E-state index contributed by atoms with van der Waals surface area (Å²) in [5.74, 6) is -0.448. The number of carbonyl (C=O) groups excluding carboxylic acids is 1. The van der Waals surface area contributed by atoms with Crippen molar-refractivity contribution in [1.29, 1.82) is 0 Å². The maximum absolute atomic E-state index is 13.0. The fraction of sp³-hybridized carbons (Fsp3) is 0.481. The number of aromatic nitrogens is 2. The van der Waals surface area contributed by atoms with Gasteiger partial charge in [0.1, 0.15) is 5.65 Å². The molecule has 1 atom stereocenters. The van der Waals surface area contributed by atoms with Gasteiger partial charge in [0.2, 0.25) is 0 Å². The molecule has 3 aromatic rings. The summed E-state index contributed by atoms with van der Waals surface area (Å²) in [6.07, 6.45) is -0.919. The van der Waals surface area contributed by atoms with E-state index in [-0.39, 0.29) is 0 Å². The van der Waals surface area contributed by atoms with E-state index in [9.17, 15) is 4.79 Å². The first-order valence-corrected chi connectivity index (χ1v) is 11.9. The van der Waals surface area contributed by atoms with Crippen LogP contribution in [0.5, 0.6) is 0 Å². The number of benzene rings is 1. The molecule has 0 amide bonds. The van der Waals surface area contributed by atoms with Gasteiger partial charge in [-0.3, -0.25) is 0 Å². The van der Waals surface area contributed by atoms with Crippen LogP contribution in [0.1, 0.15) is 49.4 Å². The Bertz CT molecular complexity index is 1190. The molecular weight excluding hydrogens is 450 g/mol. The second-order valence-electron chi connectivity index (χ2n) is 9.99. The second kappa shape index (κ2) is 10.1. The predicted molar refractivity (Wildman–Crippen MR) is 139 cm³/mol. The summed E-state index contributed by atoms with van der Waals surface area (Å²) in [5.41, 5.74) is 5.97. The van der Waals surface area contributed by atoms with Crippen LogP contribution in [0.15, 0.2) is 24.3 Å². The first kappa shape index (κ1) is 26.2. The van der Waals surface area contributed by atoms with Crippen molar-refractivity contribution in [1.82, 2.24) is 14.5 Å². The van der Waals surface area contributed by atoms with E-state index in [1.54, 1.807) is 0 Å². The number of methoxy groups -OCH3 is 1. The minimum atomic E-state index is -0.919. The Morgan fingerprint density at radius 3 is 2.29 bits per heavy atom. The zero-order chi connectivity index (χ0) is 25.4. The number of fused-ring (bicyclic) bond motifs is 1. The van der Waals surface area contributed by atoms with Gasteiger partial charge in [0.15, 0.2) is 6.10 Å². The SMILES string of the molecule is COC(=O)C(OC(C)(C)C)c1c(C)nc2c(c(C)c(C)n2CCN(C)C)c1-c1ccc(Cl)cc1. The molecule has 0 radical (unpaired) electrons. The molecule has 0 spiro atoms. The normalized spacial score (nSPS) is 13.0. The van der Waals surface area contributed by atoms with E-state index in [4.69, 9.17) is 26.1 Å². The third-order valence-electron chi connectivity index (χ3n) is 6.04. The van der Waals surface area contributed by atoms with Crippen LogP contribution >= 0.6 is 11.6 Å². The van der Waals surface area contributed by atoms with E-state index >= 15 is 0 Å². The van der Waals surface area contributed by atoms with Gasteiger partial charge in [0.05, 0.1) is 12.7 Å². The van der Waals surface area contributed by atoms with E-state index in [1.165, 1.54) is 7.11 Å². The highest BCUT2D eigenvalue weighted by Crippen LogP contribution is 2.42. The standard InChI is InChI=1S/C27H36ClN3O3/c1-16-18(3)31(15-14-30(7)8)25-21(16)23(19-10-12-20(28)13-11-19)22(17(2)29-25)24(26(32)33-9)34-27(4,5)6/h10-13,24H,14-15H2,1-9H3. The zero-order valence-corrected chi connectivity index (χ0v) is 22.5. The molecule has 7 heteroatoms. The quantitative estimate of drug-likeness (QED) is 0.391. The lowest BCUT2D eigenvalue weighted by Gasteiger charge is -2.29. The molecule has 0 saturated carbocycles. The highest BCUT2D eigenvalue weighted by atomic mass is 35.5. The van der Waals surface area contributed by atoms with Crippen molar-refractivity contribution in [3.05, 3.63) is 51.8 Å². The summed E-state index contributed by atoms with van der Waals surface area (Å²) in [7, 11) is 5.51. The molecule has 0 N–H and O–H groups in total. The number of aryl methyl sites for hydroxylation is 2. The fourth-order valence-corrected chi connectivity index (χ4v) is 4.42. The van der Waals surface area contributed by atoms with Gasteiger partial charge in [0.25, 0.3) is 0 Å². The summed E-state index contributed by atoms with van der Waals surface area (Å²) in [6.45, 7) is 13.7. The summed E-state index contributed by atoms with van der Waals surface area (Å²) < 4.78 is 13.7. The molecule has 34 heavy (non-hydrogen) atoms. The van der Waals surface area contributed by atoms with Crippen LogP contribution in [0.2, 0.25) is 5.02 Å². The van der Waals surface area contributed by atoms with Gasteiger partial charge in [-0.2, -0.15) is 0 Å². The Morgan fingerprint density at radius 2 is 1.76 bits per heavy atom. The minimum Gasteiger partial charge on any atom is -0.467 e. The predicted octanol–water partition coefficient (Wildman–Crippen LogP) is 5.87. The molecule has 1 aromatic carbocycles. The molecule has 2 aromatic heterocycles. The second-order valence-corrected chi connectivity index (χ2v) is 10.4. The van der Waals surface area contributed by atoms with Crippen molar-refractivity contribution >= 4 is 28.6 Å². The average Bonchev–Trinajstić information content (AvgIpc) is 2.98. The third-order valence-corrected chi connectivity index (χ3v) is 6.29. The molecule has 2 heterocycles. The van der Waals surface area contributed by atoms with Gasteiger partial charge < -0.3 is 18.9 Å². The number of halogens is 1. The molecule has 3 rings (SSSR count). The van der Waals surface area contributed by atoms with Crippen molar-refractivity contribution in [2.24, 2.45) is 0 Å². The summed E-state index contributed by atoms with van der Waals surface area (Å²) >= 11 is 6.22. The monoisotopic (exact) mass is 485 g/mol. The summed E-state index contributed by atoms with van der Waals surface area (Å²) in [4.78, 5) is 20.2. The van der Waals surface area contributed by atoms with Gasteiger partial charge in [-0.05, 0) is 78.9 Å². The number of hydrogen-bond donors (Lipinski definition) is 0. The number of pyridine rings is 1. The summed E-state index contributed by atoms with van der Waals surface area (Å²) in [5, 5.41) is 1.67. The van der Waals surface area contributed by atoms with E-state index in [0.717, 1.165) is 57.8 Å². The number of carbonyl (C=O) groups is 1. The Hall–Kier alpha value is -2.41. The molecule has 0 saturated heterocycles. The van der Waals surface area contributed by atoms with Crippen molar-refractivity contribution < 1.29 is 14.3 Å². The topological polar surface area (TPSA) is 56.6 Å². The van der Waals surface area contributed by atoms with E-state index < -0.39 is 17.7 Å². The van der Waals surface area contributed by atoms with Crippen LogP contribution in [0, 0.1) is 20.8 Å². The van der Waals surface area contributed by atoms with Gasteiger partial charge in [-0.15, -0.1) is 0 Å². The van der Waals surface area contributed by atoms with Crippen molar-refractivity contribution in [2.75, 3.05) is 27.7 Å². The number of likely N-dealkylation sites (N-methyl/N-ethyl adjacent to an activating group) is 1. The highest BCUT2D eigenvalue weighted by Gasteiger charge is 2.34. The summed E-state index contributed by atoms with van der Waals surface area (Å²) in [6, 6.07) is 7.70.